The fourth-order valence-corrected chi connectivity index (χ4v) is 1.57. The number of carbonyl (C=O) groups excluding carboxylic acids is 2. The van der Waals surface area contributed by atoms with Crippen molar-refractivity contribution in [1.82, 2.24) is 5.32 Å². The summed E-state index contributed by atoms with van der Waals surface area (Å²) in [6.07, 6.45) is 1.78. The first-order valence-corrected chi connectivity index (χ1v) is 6.65. The maximum absolute atomic E-state index is 13.5. The van der Waals surface area contributed by atoms with Crippen molar-refractivity contribution in [3.8, 4) is 0 Å². The lowest BCUT2D eigenvalue weighted by Gasteiger charge is -2.08. The first kappa shape index (κ1) is 18.2. The Labute approximate surface area is 135 Å². The number of esters is 1. The van der Waals surface area contributed by atoms with Crippen molar-refractivity contribution in [2.24, 2.45) is 0 Å². The molecule has 0 unspecified atom stereocenters. The monoisotopic (exact) mass is 341 g/mol. The molecule has 0 radical (unpaired) electrons. The second-order valence-electron chi connectivity index (χ2n) is 3.95. The number of rotatable bonds is 5. The molecule has 0 bridgehead atoms. The quantitative estimate of drug-likeness (QED) is 0.275. The average Bonchev–Trinajstić information content (AvgIpc) is 2.47. The van der Waals surface area contributed by atoms with Crippen LogP contribution in [-0.4, -0.2) is 28.5 Å². The van der Waals surface area contributed by atoms with Crippen LogP contribution in [0.1, 0.15) is 6.92 Å². The van der Waals surface area contributed by atoms with Crippen LogP contribution in [-0.2, 0) is 14.3 Å². The predicted molar refractivity (Wildman–Crippen MR) is 83.2 cm³/mol. The van der Waals surface area contributed by atoms with E-state index in [0.29, 0.717) is 0 Å². The van der Waals surface area contributed by atoms with Crippen molar-refractivity contribution in [2.75, 3.05) is 11.9 Å². The van der Waals surface area contributed by atoms with Crippen LogP contribution in [0.25, 0.3) is 0 Å². The van der Waals surface area contributed by atoms with Crippen LogP contribution in [0.4, 0.5) is 15.8 Å². The number of nitrogens with one attached hydrogen (secondary N) is 2. The Bertz CT molecular complexity index is 678. The second kappa shape index (κ2) is 8.54. The van der Waals surface area contributed by atoms with Gasteiger partial charge in [-0.25, -0.2) is 9.18 Å². The fraction of sp³-hybridized carbons (Fsp3) is 0.154. The van der Waals surface area contributed by atoms with E-state index in [9.17, 15) is 24.1 Å². The third kappa shape index (κ3) is 6.18. The number of hydrogen-bond acceptors (Lipinski definition) is 6. The SMILES string of the molecule is CCOC(=O)/C=C/C(=O)NC(=S)Nc1cc([N+](=O)[O-])ccc1F. The zero-order chi connectivity index (χ0) is 17.4. The summed E-state index contributed by atoms with van der Waals surface area (Å²) < 4.78 is 18.1. The number of halogens is 1. The third-order valence-electron chi connectivity index (χ3n) is 2.30. The Kier molecular flexibility index (Phi) is 6.74. The summed E-state index contributed by atoms with van der Waals surface area (Å²) in [6.45, 7) is 1.77. The zero-order valence-corrected chi connectivity index (χ0v) is 12.7. The highest BCUT2D eigenvalue weighted by molar-refractivity contribution is 7.80. The van der Waals surface area contributed by atoms with Gasteiger partial charge in [-0.15, -0.1) is 0 Å². The van der Waals surface area contributed by atoms with Crippen LogP contribution in [0.2, 0.25) is 0 Å². The van der Waals surface area contributed by atoms with Crippen LogP contribution in [0, 0.1) is 15.9 Å². The van der Waals surface area contributed by atoms with Gasteiger partial charge < -0.3 is 10.1 Å². The van der Waals surface area contributed by atoms with Gasteiger partial charge in [-0.3, -0.25) is 20.2 Å². The van der Waals surface area contributed by atoms with Gasteiger partial charge in [-0.1, -0.05) is 0 Å². The molecule has 1 aromatic carbocycles. The molecule has 0 spiro atoms. The Balaban J connectivity index is 2.66. The molecular formula is C13H12FN3O5S. The number of nitro groups is 1. The normalized spacial score (nSPS) is 10.2. The largest absolute Gasteiger partial charge is 0.463 e. The van der Waals surface area contributed by atoms with Gasteiger partial charge >= 0.3 is 5.97 Å². The van der Waals surface area contributed by atoms with Crippen LogP contribution >= 0.6 is 12.2 Å². The Morgan fingerprint density at radius 1 is 1.43 bits per heavy atom. The maximum atomic E-state index is 13.5. The summed E-state index contributed by atoms with van der Waals surface area (Å²) in [5.74, 6) is -2.23. The average molecular weight is 341 g/mol. The molecule has 1 rings (SSSR count). The van der Waals surface area contributed by atoms with E-state index in [1.807, 2.05) is 0 Å². The molecule has 122 valence electrons. The highest BCUT2D eigenvalue weighted by Gasteiger charge is 2.12. The van der Waals surface area contributed by atoms with Gasteiger partial charge in [-0.2, -0.15) is 0 Å². The number of ether oxygens (including phenoxy) is 1. The van der Waals surface area contributed by atoms with E-state index >= 15 is 0 Å². The van der Waals surface area contributed by atoms with E-state index in [4.69, 9.17) is 12.2 Å². The van der Waals surface area contributed by atoms with Gasteiger partial charge in [0.15, 0.2) is 5.11 Å². The molecular weight excluding hydrogens is 329 g/mol. The molecule has 0 aliphatic heterocycles. The minimum atomic E-state index is -0.783. The molecule has 23 heavy (non-hydrogen) atoms. The minimum Gasteiger partial charge on any atom is -0.463 e. The number of thiocarbonyl (C=S) groups is 1. The highest BCUT2D eigenvalue weighted by Crippen LogP contribution is 2.20. The van der Waals surface area contributed by atoms with Gasteiger partial charge in [0.25, 0.3) is 5.69 Å². The van der Waals surface area contributed by atoms with Gasteiger partial charge in [0.05, 0.1) is 17.2 Å². The molecule has 0 saturated carbocycles. The summed E-state index contributed by atoms with van der Waals surface area (Å²) in [5.41, 5.74) is -0.607. The molecule has 0 fully saturated rings. The lowest BCUT2D eigenvalue weighted by Crippen LogP contribution is -2.33. The van der Waals surface area contributed by atoms with E-state index in [1.54, 1.807) is 6.92 Å². The van der Waals surface area contributed by atoms with Crippen LogP contribution in [0.3, 0.4) is 0 Å². The molecule has 0 aliphatic rings. The Hall–Kier alpha value is -2.88. The number of nitro benzene ring substituents is 1. The van der Waals surface area contributed by atoms with Crippen molar-refractivity contribution in [3.05, 3.63) is 46.3 Å². The number of anilines is 1. The number of hydrogen-bond donors (Lipinski definition) is 2. The molecule has 0 saturated heterocycles. The highest BCUT2D eigenvalue weighted by atomic mass is 32.1. The van der Waals surface area contributed by atoms with Crippen molar-refractivity contribution < 1.29 is 23.6 Å². The standard InChI is InChI=1S/C13H12FN3O5S/c1-2-22-12(19)6-5-11(18)16-13(23)15-10-7-8(17(20)21)3-4-9(10)14/h3-7H,2H2,1H3,(H2,15,16,18,23)/b6-5+. The number of carbonyl (C=O) groups is 2. The van der Waals surface area contributed by atoms with E-state index < -0.39 is 22.6 Å². The smallest absolute Gasteiger partial charge is 0.330 e. The van der Waals surface area contributed by atoms with Crippen LogP contribution in [0.5, 0.6) is 0 Å². The van der Waals surface area contributed by atoms with Crippen LogP contribution < -0.4 is 10.6 Å². The molecule has 8 nitrogen and oxygen atoms in total. The summed E-state index contributed by atoms with van der Waals surface area (Å²) in [6, 6.07) is 2.82. The van der Waals surface area contributed by atoms with Gasteiger partial charge in [0.1, 0.15) is 5.82 Å². The lowest BCUT2D eigenvalue weighted by atomic mass is 10.2. The number of nitrogens with zero attached hydrogens (tertiary/aromatic N) is 1. The number of benzene rings is 1. The number of amides is 1. The van der Waals surface area contributed by atoms with E-state index in [-0.39, 0.29) is 23.1 Å². The molecule has 1 amide bonds. The minimum absolute atomic E-state index is 0.164. The lowest BCUT2D eigenvalue weighted by molar-refractivity contribution is -0.384. The Morgan fingerprint density at radius 2 is 2.13 bits per heavy atom. The molecule has 2 N–H and O–H groups in total. The molecule has 0 heterocycles. The third-order valence-corrected chi connectivity index (χ3v) is 2.51. The van der Waals surface area contributed by atoms with Gasteiger partial charge in [0.2, 0.25) is 5.91 Å². The zero-order valence-electron chi connectivity index (χ0n) is 11.9. The molecule has 10 heteroatoms. The topological polar surface area (TPSA) is 111 Å². The summed E-state index contributed by atoms with van der Waals surface area (Å²) in [7, 11) is 0. The van der Waals surface area contributed by atoms with Gasteiger partial charge in [0, 0.05) is 24.3 Å². The van der Waals surface area contributed by atoms with Crippen molar-refractivity contribution in [1.29, 1.82) is 0 Å². The van der Waals surface area contributed by atoms with Crippen molar-refractivity contribution in [3.63, 3.8) is 0 Å². The second-order valence-corrected chi connectivity index (χ2v) is 4.36. The van der Waals surface area contributed by atoms with Crippen molar-refractivity contribution in [2.45, 2.75) is 6.92 Å². The fourth-order valence-electron chi connectivity index (χ4n) is 1.36. The first-order chi connectivity index (χ1) is 10.8. The maximum Gasteiger partial charge on any atom is 0.330 e. The molecule has 0 aromatic heterocycles. The van der Waals surface area contributed by atoms with E-state index in [2.05, 4.69) is 15.4 Å². The first-order valence-electron chi connectivity index (χ1n) is 6.24. The molecule has 0 aliphatic carbocycles. The number of non-ortho nitro benzene ring substituents is 1. The predicted octanol–water partition coefficient (Wildman–Crippen LogP) is 1.67. The summed E-state index contributed by atoms with van der Waals surface area (Å²) in [4.78, 5) is 32.4. The van der Waals surface area contributed by atoms with E-state index in [0.717, 1.165) is 30.4 Å². The molecule has 0 atom stereocenters. The van der Waals surface area contributed by atoms with Crippen molar-refractivity contribution >= 4 is 40.6 Å². The molecule has 1 aromatic rings. The van der Waals surface area contributed by atoms with Crippen LogP contribution in [0.15, 0.2) is 30.4 Å². The Morgan fingerprint density at radius 3 is 2.74 bits per heavy atom. The summed E-state index contributed by atoms with van der Waals surface area (Å²) in [5, 5.41) is 14.8. The van der Waals surface area contributed by atoms with E-state index in [1.165, 1.54) is 0 Å². The summed E-state index contributed by atoms with van der Waals surface area (Å²) >= 11 is 4.78. The van der Waals surface area contributed by atoms with Gasteiger partial charge in [-0.05, 0) is 25.2 Å².